The maximum Gasteiger partial charge on any atom is 0.241 e. The van der Waals surface area contributed by atoms with E-state index in [1.165, 1.54) is 6.08 Å². The highest BCUT2D eigenvalue weighted by atomic mass is 16.1. The summed E-state index contributed by atoms with van der Waals surface area (Å²) >= 11 is 0. The lowest BCUT2D eigenvalue weighted by Crippen LogP contribution is -2.05. The number of aromatic nitrogens is 2. The number of primary amides is 1. The molecule has 4 heteroatoms. The lowest BCUT2D eigenvalue weighted by Gasteiger charge is -2.02. The number of aromatic amines is 1. The van der Waals surface area contributed by atoms with Crippen molar-refractivity contribution in [1.82, 2.24) is 10.2 Å². The van der Waals surface area contributed by atoms with Gasteiger partial charge in [-0.3, -0.25) is 9.89 Å². The monoisotopic (exact) mass is 213 g/mol. The minimum atomic E-state index is -0.459. The molecule has 2 rings (SSSR count). The van der Waals surface area contributed by atoms with Crippen LogP contribution in [0.3, 0.4) is 0 Å². The summed E-state index contributed by atoms with van der Waals surface area (Å²) in [7, 11) is 0. The van der Waals surface area contributed by atoms with Gasteiger partial charge in [0.25, 0.3) is 0 Å². The van der Waals surface area contributed by atoms with Crippen molar-refractivity contribution in [2.24, 2.45) is 5.73 Å². The van der Waals surface area contributed by atoms with Crippen LogP contribution in [0.25, 0.3) is 17.3 Å². The fourth-order valence-corrected chi connectivity index (χ4v) is 1.47. The SMILES string of the molecule is NC(=O)C=Cc1ccccc1-c1ccn[nH]1. The fourth-order valence-electron chi connectivity index (χ4n) is 1.47. The van der Waals surface area contributed by atoms with Crippen LogP contribution in [0.4, 0.5) is 0 Å². The van der Waals surface area contributed by atoms with Crippen LogP contribution in [0.2, 0.25) is 0 Å². The number of carbonyl (C=O) groups is 1. The normalized spacial score (nSPS) is 10.8. The van der Waals surface area contributed by atoms with E-state index in [0.29, 0.717) is 0 Å². The summed E-state index contributed by atoms with van der Waals surface area (Å²) in [6, 6.07) is 9.57. The quantitative estimate of drug-likeness (QED) is 0.760. The second-order valence-electron chi connectivity index (χ2n) is 3.29. The molecule has 0 aliphatic heterocycles. The predicted molar refractivity (Wildman–Crippen MR) is 62.3 cm³/mol. The average molecular weight is 213 g/mol. The molecule has 0 aliphatic rings. The molecule has 1 aromatic heterocycles. The van der Waals surface area contributed by atoms with Crippen LogP contribution < -0.4 is 5.73 Å². The molecule has 0 aliphatic carbocycles. The van der Waals surface area contributed by atoms with Crippen LogP contribution in [-0.4, -0.2) is 16.1 Å². The number of nitrogens with two attached hydrogens (primary N) is 1. The van der Waals surface area contributed by atoms with Crippen molar-refractivity contribution in [2.45, 2.75) is 0 Å². The van der Waals surface area contributed by atoms with Crippen LogP contribution in [0.15, 0.2) is 42.6 Å². The maximum absolute atomic E-state index is 10.7. The molecule has 1 heterocycles. The molecule has 2 aromatic rings. The van der Waals surface area contributed by atoms with Crippen LogP contribution in [0.1, 0.15) is 5.56 Å². The molecular weight excluding hydrogens is 202 g/mol. The minimum Gasteiger partial charge on any atom is -0.366 e. The Kier molecular flexibility index (Phi) is 2.82. The van der Waals surface area contributed by atoms with Gasteiger partial charge in [-0.1, -0.05) is 24.3 Å². The Morgan fingerprint density at radius 1 is 1.31 bits per heavy atom. The molecule has 0 bridgehead atoms. The summed E-state index contributed by atoms with van der Waals surface area (Å²) in [5.74, 6) is -0.459. The third-order valence-corrected chi connectivity index (χ3v) is 2.18. The van der Waals surface area contributed by atoms with Crippen molar-refractivity contribution < 1.29 is 4.79 Å². The molecule has 0 saturated heterocycles. The number of carbonyl (C=O) groups excluding carboxylic acids is 1. The molecule has 0 radical (unpaired) electrons. The smallest absolute Gasteiger partial charge is 0.241 e. The largest absolute Gasteiger partial charge is 0.366 e. The van der Waals surface area contributed by atoms with E-state index in [2.05, 4.69) is 10.2 Å². The number of hydrogen-bond donors (Lipinski definition) is 2. The van der Waals surface area contributed by atoms with Gasteiger partial charge in [-0.05, 0) is 17.7 Å². The van der Waals surface area contributed by atoms with Crippen LogP contribution >= 0.6 is 0 Å². The summed E-state index contributed by atoms with van der Waals surface area (Å²) in [5.41, 5.74) is 7.88. The summed E-state index contributed by atoms with van der Waals surface area (Å²) in [5, 5.41) is 6.78. The summed E-state index contributed by atoms with van der Waals surface area (Å²) in [4.78, 5) is 10.7. The van der Waals surface area contributed by atoms with E-state index in [-0.39, 0.29) is 0 Å². The first-order chi connectivity index (χ1) is 7.77. The average Bonchev–Trinajstić information content (AvgIpc) is 2.80. The summed E-state index contributed by atoms with van der Waals surface area (Å²) in [6.45, 7) is 0. The number of benzene rings is 1. The van der Waals surface area contributed by atoms with Gasteiger partial charge in [0.2, 0.25) is 5.91 Å². The third-order valence-electron chi connectivity index (χ3n) is 2.18. The van der Waals surface area contributed by atoms with E-state index in [0.717, 1.165) is 16.8 Å². The number of nitrogens with one attached hydrogen (secondary N) is 1. The van der Waals surface area contributed by atoms with Crippen molar-refractivity contribution in [3.8, 4) is 11.3 Å². The summed E-state index contributed by atoms with van der Waals surface area (Å²) in [6.07, 6.45) is 4.72. The number of hydrogen-bond acceptors (Lipinski definition) is 2. The highest BCUT2D eigenvalue weighted by Crippen LogP contribution is 2.22. The zero-order valence-corrected chi connectivity index (χ0v) is 8.55. The van der Waals surface area contributed by atoms with Crippen molar-refractivity contribution in [3.63, 3.8) is 0 Å². The highest BCUT2D eigenvalue weighted by molar-refractivity contribution is 5.91. The first-order valence-corrected chi connectivity index (χ1v) is 4.83. The Balaban J connectivity index is 2.42. The zero-order valence-electron chi connectivity index (χ0n) is 8.55. The van der Waals surface area contributed by atoms with Crippen LogP contribution in [0, 0.1) is 0 Å². The van der Waals surface area contributed by atoms with Gasteiger partial charge >= 0.3 is 0 Å². The molecule has 0 spiro atoms. The Hall–Kier alpha value is -2.36. The van der Waals surface area contributed by atoms with Gasteiger partial charge in [0, 0.05) is 17.8 Å². The zero-order chi connectivity index (χ0) is 11.4. The Morgan fingerprint density at radius 3 is 2.81 bits per heavy atom. The van der Waals surface area contributed by atoms with Crippen molar-refractivity contribution >= 4 is 12.0 Å². The second-order valence-corrected chi connectivity index (χ2v) is 3.29. The van der Waals surface area contributed by atoms with E-state index in [1.54, 1.807) is 12.3 Å². The predicted octanol–water partition coefficient (Wildman–Crippen LogP) is 1.58. The number of rotatable bonds is 3. The maximum atomic E-state index is 10.7. The molecule has 0 atom stereocenters. The van der Waals surface area contributed by atoms with Gasteiger partial charge in [-0.15, -0.1) is 0 Å². The number of H-pyrrole nitrogens is 1. The van der Waals surface area contributed by atoms with Gasteiger partial charge in [0.15, 0.2) is 0 Å². The van der Waals surface area contributed by atoms with Crippen molar-refractivity contribution in [3.05, 3.63) is 48.2 Å². The van der Waals surface area contributed by atoms with Gasteiger partial charge < -0.3 is 5.73 Å². The number of amides is 1. The van der Waals surface area contributed by atoms with E-state index in [1.807, 2.05) is 30.3 Å². The van der Waals surface area contributed by atoms with Gasteiger partial charge in [-0.2, -0.15) is 5.10 Å². The van der Waals surface area contributed by atoms with Gasteiger partial charge in [-0.25, -0.2) is 0 Å². The molecule has 1 aromatic carbocycles. The molecule has 3 N–H and O–H groups in total. The molecule has 1 amide bonds. The Bertz CT molecular complexity index is 515. The Labute approximate surface area is 92.8 Å². The molecule has 4 nitrogen and oxygen atoms in total. The first-order valence-electron chi connectivity index (χ1n) is 4.83. The molecule has 80 valence electrons. The second kappa shape index (κ2) is 4.44. The van der Waals surface area contributed by atoms with E-state index in [9.17, 15) is 4.79 Å². The Morgan fingerprint density at radius 2 is 2.12 bits per heavy atom. The van der Waals surface area contributed by atoms with Crippen LogP contribution in [-0.2, 0) is 4.79 Å². The fraction of sp³-hybridized carbons (Fsp3) is 0. The molecule has 0 saturated carbocycles. The topological polar surface area (TPSA) is 71.8 Å². The van der Waals surface area contributed by atoms with E-state index >= 15 is 0 Å². The standard InChI is InChI=1S/C12H11N3O/c13-12(16)6-5-9-3-1-2-4-10(9)11-7-8-14-15-11/h1-8H,(H2,13,16)(H,14,15). The van der Waals surface area contributed by atoms with Crippen molar-refractivity contribution in [1.29, 1.82) is 0 Å². The molecule has 0 unspecified atom stereocenters. The minimum absolute atomic E-state index is 0.459. The highest BCUT2D eigenvalue weighted by Gasteiger charge is 2.02. The lowest BCUT2D eigenvalue weighted by molar-refractivity contribution is -0.113. The molecule has 16 heavy (non-hydrogen) atoms. The van der Waals surface area contributed by atoms with Crippen molar-refractivity contribution in [2.75, 3.05) is 0 Å². The van der Waals surface area contributed by atoms with E-state index in [4.69, 9.17) is 5.73 Å². The van der Waals surface area contributed by atoms with E-state index < -0.39 is 5.91 Å². The first kappa shape index (κ1) is 10.2. The third kappa shape index (κ3) is 2.17. The lowest BCUT2D eigenvalue weighted by atomic mass is 10.0. The van der Waals surface area contributed by atoms with Gasteiger partial charge in [0.1, 0.15) is 0 Å². The van der Waals surface area contributed by atoms with Gasteiger partial charge in [0.05, 0.1) is 5.69 Å². The number of nitrogens with zero attached hydrogens (tertiary/aromatic N) is 1. The summed E-state index contributed by atoms with van der Waals surface area (Å²) < 4.78 is 0. The molecular formula is C12H11N3O. The molecule has 0 fully saturated rings. The van der Waals surface area contributed by atoms with Crippen LogP contribution in [0.5, 0.6) is 0 Å².